The van der Waals surface area contributed by atoms with Gasteiger partial charge in [-0.25, -0.2) is 14.4 Å². The van der Waals surface area contributed by atoms with Crippen LogP contribution in [0.1, 0.15) is 79.8 Å². The van der Waals surface area contributed by atoms with Crippen molar-refractivity contribution in [2.24, 2.45) is 0 Å². The van der Waals surface area contributed by atoms with Gasteiger partial charge in [0.15, 0.2) is 5.82 Å². The Balaban J connectivity index is 1.33. The zero-order valence-corrected chi connectivity index (χ0v) is 26.1. The molecule has 0 unspecified atom stereocenters. The molecule has 4 aromatic rings. The Kier molecular flexibility index (Phi) is 8.47. The van der Waals surface area contributed by atoms with Gasteiger partial charge in [-0.1, -0.05) is 6.07 Å². The molecule has 1 N–H and O–H groups in total. The molecule has 2 aliphatic rings. The molecule has 44 heavy (non-hydrogen) atoms. The van der Waals surface area contributed by atoms with Gasteiger partial charge < -0.3 is 23.5 Å². The van der Waals surface area contributed by atoms with Crippen LogP contribution in [0, 0.1) is 5.82 Å². The van der Waals surface area contributed by atoms with Crippen LogP contribution in [0.4, 0.5) is 10.2 Å². The molecule has 0 saturated heterocycles. The first kappa shape index (κ1) is 30.3. The lowest BCUT2D eigenvalue weighted by molar-refractivity contribution is 0.102. The third-order valence-corrected chi connectivity index (χ3v) is 9.73. The maximum Gasteiger partial charge on any atom is 0.344 e. The standard InChI is InChI=1S/C30H36FN8O4P/c1-5-42-44(41,43-6-2)18-37-14-21-12-23(31)22(13-25(21)39-16-32-28(20-10-11-20)26(39)15-37)30(40)35-27-9-7-8-24(34-27)29-36-33-17-38(29)19(3)4/h7-9,12-13,16-17,19-20H,5-6,10-11,14-15,18H2,1-4H3,(H,34,35,40). The van der Waals surface area contributed by atoms with E-state index in [1.54, 1.807) is 50.8 Å². The van der Waals surface area contributed by atoms with Crippen LogP contribution in [-0.2, 0) is 26.7 Å². The van der Waals surface area contributed by atoms with Crippen LogP contribution in [0.15, 0.2) is 43.0 Å². The number of benzene rings is 1. The number of fused-ring (bicyclic) bond motifs is 3. The number of halogens is 1. The van der Waals surface area contributed by atoms with Crippen molar-refractivity contribution < 1.29 is 22.8 Å². The van der Waals surface area contributed by atoms with E-state index in [0.717, 1.165) is 24.2 Å². The van der Waals surface area contributed by atoms with E-state index < -0.39 is 19.3 Å². The van der Waals surface area contributed by atoms with Crippen molar-refractivity contribution in [2.45, 2.75) is 65.6 Å². The summed E-state index contributed by atoms with van der Waals surface area (Å²) in [6.45, 7) is 8.76. The summed E-state index contributed by atoms with van der Waals surface area (Å²) in [6.07, 6.45) is 5.49. The predicted octanol–water partition coefficient (Wildman–Crippen LogP) is 5.91. The Labute approximate surface area is 255 Å². The van der Waals surface area contributed by atoms with Crippen molar-refractivity contribution in [2.75, 3.05) is 24.8 Å². The summed E-state index contributed by atoms with van der Waals surface area (Å²) in [7, 11) is -3.42. The molecule has 1 aliphatic carbocycles. The average molecular weight is 623 g/mol. The molecule has 0 bridgehead atoms. The highest BCUT2D eigenvalue weighted by Gasteiger charge is 2.35. The molecule has 4 heterocycles. The van der Waals surface area contributed by atoms with Crippen molar-refractivity contribution in [3.63, 3.8) is 0 Å². The first-order valence-electron chi connectivity index (χ1n) is 14.9. The molecule has 12 nitrogen and oxygen atoms in total. The van der Waals surface area contributed by atoms with Gasteiger partial charge in [-0.3, -0.25) is 14.3 Å². The summed E-state index contributed by atoms with van der Waals surface area (Å²) in [6, 6.07) is 8.20. The number of pyridine rings is 1. The number of aromatic nitrogens is 6. The highest BCUT2D eigenvalue weighted by atomic mass is 31.2. The molecule has 1 fully saturated rings. The van der Waals surface area contributed by atoms with Crippen LogP contribution in [0.3, 0.4) is 0 Å². The summed E-state index contributed by atoms with van der Waals surface area (Å²) in [5.74, 6) is -0.144. The molecule has 14 heteroatoms. The minimum absolute atomic E-state index is 0.0415. The van der Waals surface area contributed by atoms with Gasteiger partial charge in [0.1, 0.15) is 29.9 Å². The molecule has 6 rings (SSSR count). The van der Waals surface area contributed by atoms with Gasteiger partial charge >= 0.3 is 7.60 Å². The monoisotopic (exact) mass is 622 g/mol. The van der Waals surface area contributed by atoms with E-state index in [9.17, 15) is 9.36 Å². The van der Waals surface area contributed by atoms with Gasteiger partial charge in [-0.2, -0.15) is 0 Å². The summed E-state index contributed by atoms with van der Waals surface area (Å²) >= 11 is 0. The Morgan fingerprint density at radius 1 is 1.14 bits per heavy atom. The van der Waals surface area contributed by atoms with E-state index >= 15 is 4.39 Å². The highest BCUT2D eigenvalue weighted by molar-refractivity contribution is 7.53. The molecule has 1 aliphatic heterocycles. The third-order valence-electron chi connectivity index (χ3n) is 7.68. The number of imidazole rings is 1. The molecular formula is C30H36FN8O4P. The molecular weight excluding hydrogens is 586 g/mol. The predicted molar refractivity (Wildman–Crippen MR) is 162 cm³/mol. The second-order valence-electron chi connectivity index (χ2n) is 11.3. The molecule has 0 atom stereocenters. The number of hydrogen-bond acceptors (Lipinski definition) is 9. The minimum atomic E-state index is -3.42. The molecule has 0 spiro atoms. The summed E-state index contributed by atoms with van der Waals surface area (Å²) < 4.78 is 44.1. The number of rotatable bonds is 11. The van der Waals surface area contributed by atoms with E-state index in [2.05, 4.69) is 20.5 Å². The van der Waals surface area contributed by atoms with E-state index in [1.807, 2.05) is 27.9 Å². The van der Waals surface area contributed by atoms with Crippen LogP contribution < -0.4 is 5.32 Å². The van der Waals surface area contributed by atoms with Crippen LogP contribution in [0.2, 0.25) is 0 Å². The van der Waals surface area contributed by atoms with E-state index in [1.165, 1.54) is 6.07 Å². The van der Waals surface area contributed by atoms with Crippen LogP contribution in [-0.4, -0.2) is 59.6 Å². The van der Waals surface area contributed by atoms with Crippen molar-refractivity contribution in [1.82, 2.24) is 34.2 Å². The van der Waals surface area contributed by atoms with Gasteiger partial charge in [-0.15, -0.1) is 10.2 Å². The maximum atomic E-state index is 15.7. The fraction of sp³-hybridized carbons (Fsp3) is 0.433. The fourth-order valence-corrected chi connectivity index (χ4v) is 7.27. The quantitative estimate of drug-likeness (QED) is 0.203. The number of carbonyl (C=O) groups is 1. The minimum Gasteiger partial charge on any atom is -0.310 e. The summed E-state index contributed by atoms with van der Waals surface area (Å²) in [5.41, 5.74) is 3.57. The van der Waals surface area contributed by atoms with Gasteiger partial charge in [0, 0.05) is 25.0 Å². The van der Waals surface area contributed by atoms with Crippen LogP contribution in [0.25, 0.3) is 17.2 Å². The van der Waals surface area contributed by atoms with E-state index in [4.69, 9.17) is 14.0 Å². The van der Waals surface area contributed by atoms with Crippen molar-refractivity contribution in [3.05, 3.63) is 71.3 Å². The van der Waals surface area contributed by atoms with Gasteiger partial charge in [0.2, 0.25) is 0 Å². The van der Waals surface area contributed by atoms with Crippen molar-refractivity contribution in [3.8, 4) is 17.2 Å². The Bertz CT molecular complexity index is 1720. The second-order valence-corrected chi connectivity index (χ2v) is 13.3. The Hall–Kier alpha value is -3.77. The van der Waals surface area contributed by atoms with Gasteiger partial charge in [-0.05, 0) is 70.4 Å². The van der Waals surface area contributed by atoms with Crippen LogP contribution >= 0.6 is 7.60 Å². The lowest BCUT2D eigenvalue weighted by atomic mass is 10.1. The molecule has 1 saturated carbocycles. The van der Waals surface area contributed by atoms with Crippen LogP contribution in [0.5, 0.6) is 0 Å². The zero-order valence-electron chi connectivity index (χ0n) is 25.2. The highest BCUT2D eigenvalue weighted by Crippen LogP contribution is 2.50. The first-order chi connectivity index (χ1) is 21.2. The fourth-order valence-electron chi connectivity index (χ4n) is 5.56. The molecule has 0 radical (unpaired) electrons. The number of amides is 1. The number of carbonyl (C=O) groups excluding carboxylic acids is 1. The molecule has 3 aromatic heterocycles. The number of nitrogens with one attached hydrogen (secondary N) is 1. The number of anilines is 1. The normalized spacial score (nSPS) is 15.2. The largest absolute Gasteiger partial charge is 0.344 e. The number of nitrogens with zero attached hydrogens (tertiary/aromatic N) is 7. The molecule has 232 valence electrons. The maximum absolute atomic E-state index is 15.7. The lowest BCUT2D eigenvalue weighted by Gasteiger charge is -2.26. The smallest absolute Gasteiger partial charge is 0.310 e. The number of hydrogen-bond donors (Lipinski definition) is 1. The zero-order chi connectivity index (χ0) is 31.0. The average Bonchev–Trinajstić information content (AvgIpc) is 3.58. The van der Waals surface area contributed by atoms with E-state index in [0.29, 0.717) is 35.2 Å². The third kappa shape index (κ3) is 6.10. The molecule has 1 amide bonds. The van der Waals surface area contributed by atoms with E-state index in [-0.39, 0.29) is 43.5 Å². The summed E-state index contributed by atoms with van der Waals surface area (Å²) in [4.78, 5) is 24.7. The van der Waals surface area contributed by atoms with Gasteiger partial charge in [0.25, 0.3) is 5.91 Å². The first-order valence-corrected chi connectivity index (χ1v) is 16.6. The second kappa shape index (κ2) is 12.3. The SMILES string of the molecule is CCOP(=O)(CN1Cc2cc(F)c(C(=O)Nc3cccc(-c4nncn4C(C)C)n3)cc2-n2cnc(C3CC3)c2C1)OCC. The molecule has 1 aromatic carbocycles. The van der Waals surface area contributed by atoms with Crippen molar-refractivity contribution in [1.29, 1.82) is 0 Å². The Morgan fingerprint density at radius 3 is 2.61 bits per heavy atom. The lowest BCUT2D eigenvalue weighted by Crippen LogP contribution is -2.25. The summed E-state index contributed by atoms with van der Waals surface area (Å²) in [5, 5.41) is 10.9. The van der Waals surface area contributed by atoms with Crippen molar-refractivity contribution >= 4 is 19.3 Å². The Morgan fingerprint density at radius 2 is 1.91 bits per heavy atom. The van der Waals surface area contributed by atoms with Gasteiger partial charge in [0.05, 0.1) is 42.2 Å². The topological polar surface area (TPSA) is 129 Å².